The van der Waals surface area contributed by atoms with Gasteiger partial charge in [-0.15, -0.1) is 11.3 Å². The maximum Gasteiger partial charge on any atom is 0.0643 e. The highest BCUT2D eigenvalue weighted by Crippen LogP contribution is 2.30. The predicted molar refractivity (Wildman–Crippen MR) is 85.0 cm³/mol. The zero-order chi connectivity index (χ0) is 13.8. The van der Waals surface area contributed by atoms with E-state index >= 15 is 0 Å². The molecular formula is C15H19ClN2S. The summed E-state index contributed by atoms with van der Waals surface area (Å²) in [7, 11) is 0. The Hall–Kier alpha value is -1.03. The van der Waals surface area contributed by atoms with Gasteiger partial charge in [-0.1, -0.05) is 23.7 Å². The first-order valence-corrected chi connectivity index (χ1v) is 7.65. The molecule has 0 unspecified atom stereocenters. The number of hydrogen-bond acceptors (Lipinski definition) is 3. The van der Waals surface area contributed by atoms with Crippen LogP contribution >= 0.6 is 22.9 Å². The minimum atomic E-state index is 0.392. The molecule has 1 aromatic carbocycles. The summed E-state index contributed by atoms with van der Waals surface area (Å²) in [5.74, 6) is 0. The molecule has 1 heterocycles. The molecular weight excluding hydrogens is 276 g/mol. The van der Waals surface area contributed by atoms with E-state index in [9.17, 15) is 0 Å². The lowest BCUT2D eigenvalue weighted by Gasteiger charge is -2.29. The molecule has 0 saturated carbocycles. The van der Waals surface area contributed by atoms with Crippen molar-refractivity contribution in [2.75, 3.05) is 4.90 Å². The van der Waals surface area contributed by atoms with Crippen LogP contribution in [0.15, 0.2) is 35.7 Å². The summed E-state index contributed by atoms with van der Waals surface area (Å²) in [6.07, 6.45) is 0. The summed E-state index contributed by atoms with van der Waals surface area (Å²) in [6.45, 7) is 5.77. The van der Waals surface area contributed by atoms with Crippen molar-refractivity contribution in [3.05, 3.63) is 51.2 Å². The Morgan fingerprint density at radius 2 is 2.11 bits per heavy atom. The zero-order valence-electron chi connectivity index (χ0n) is 11.3. The molecule has 0 amide bonds. The van der Waals surface area contributed by atoms with Crippen LogP contribution in [-0.4, -0.2) is 6.04 Å². The molecule has 0 bridgehead atoms. The normalized spacial score (nSPS) is 11.0. The Bertz CT molecular complexity index is 523. The van der Waals surface area contributed by atoms with Gasteiger partial charge in [-0.05, 0) is 43.0 Å². The summed E-state index contributed by atoms with van der Waals surface area (Å²) < 4.78 is 0. The molecule has 0 aliphatic carbocycles. The third kappa shape index (κ3) is 3.50. The van der Waals surface area contributed by atoms with Gasteiger partial charge >= 0.3 is 0 Å². The smallest absolute Gasteiger partial charge is 0.0643 e. The van der Waals surface area contributed by atoms with Gasteiger partial charge < -0.3 is 10.6 Å². The summed E-state index contributed by atoms with van der Waals surface area (Å²) in [5.41, 5.74) is 7.78. The van der Waals surface area contributed by atoms with Crippen LogP contribution in [0.25, 0.3) is 0 Å². The third-order valence-corrected chi connectivity index (χ3v) is 4.25. The van der Waals surface area contributed by atoms with Crippen LogP contribution in [-0.2, 0) is 13.1 Å². The lowest BCUT2D eigenvalue weighted by atomic mass is 10.1. The van der Waals surface area contributed by atoms with Crippen molar-refractivity contribution in [2.45, 2.75) is 33.0 Å². The number of thiophene rings is 1. The monoisotopic (exact) mass is 294 g/mol. The van der Waals surface area contributed by atoms with Crippen LogP contribution in [0.1, 0.15) is 24.3 Å². The summed E-state index contributed by atoms with van der Waals surface area (Å²) in [5, 5.41) is 2.88. The minimum Gasteiger partial charge on any atom is -0.363 e. The first-order chi connectivity index (χ1) is 9.11. The van der Waals surface area contributed by atoms with Gasteiger partial charge in [0.05, 0.1) is 17.3 Å². The number of anilines is 1. The quantitative estimate of drug-likeness (QED) is 0.892. The van der Waals surface area contributed by atoms with E-state index < -0.39 is 0 Å². The Kier molecular flexibility index (Phi) is 4.86. The molecule has 2 nitrogen and oxygen atoms in total. The fourth-order valence-corrected chi connectivity index (χ4v) is 3.04. The fourth-order valence-electron chi connectivity index (χ4n) is 2.03. The van der Waals surface area contributed by atoms with Crippen molar-refractivity contribution in [2.24, 2.45) is 5.73 Å². The molecule has 0 atom stereocenters. The molecule has 1 aromatic heterocycles. The molecule has 0 radical (unpaired) electrons. The van der Waals surface area contributed by atoms with Crippen molar-refractivity contribution in [1.82, 2.24) is 0 Å². The molecule has 102 valence electrons. The lowest BCUT2D eigenvalue weighted by Crippen LogP contribution is -2.30. The standard InChI is InChI=1S/C15H19ClN2S/c1-11(2)18(10-13-4-3-7-19-13)15-6-5-12(9-17)8-14(15)16/h3-8,11H,9-10,17H2,1-2H3. The van der Waals surface area contributed by atoms with Crippen LogP contribution in [0.5, 0.6) is 0 Å². The molecule has 0 aliphatic rings. The van der Waals surface area contributed by atoms with Gasteiger partial charge in [0.1, 0.15) is 0 Å². The van der Waals surface area contributed by atoms with Gasteiger partial charge in [-0.25, -0.2) is 0 Å². The number of rotatable bonds is 5. The van der Waals surface area contributed by atoms with Crippen molar-refractivity contribution in [3.8, 4) is 0 Å². The highest BCUT2D eigenvalue weighted by molar-refractivity contribution is 7.09. The van der Waals surface area contributed by atoms with E-state index in [4.69, 9.17) is 17.3 Å². The largest absolute Gasteiger partial charge is 0.363 e. The topological polar surface area (TPSA) is 29.3 Å². The van der Waals surface area contributed by atoms with E-state index in [0.29, 0.717) is 12.6 Å². The second kappa shape index (κ2) is 6.42. The van der Waals surface area contributed by atoms with Gasteiger partial charge in [-0.3, -0.25) is 0 Å². The van der Waals surface area contributed by atoms with Crippen LogP contribution in [0.2, 0.25) is 5.02 Å². The molecule has 2 rings (SSSR count). The highest BCUT2D eigenvalue weighted by atomic mass is 35.5. The van der Waals surface area contributed by atoms with Crippen LogP contribution in [0, 0.1) is 0 Å². The molecule has 0 aliphatic heterocycles. The maximum absolute atomic E-state index is 6.39. The van der Waals surface area contributed by atoms with E-state index in [1.54, 1.807) is 11.3 Å². The highest BCUT2D eigenvalue weighted by Gasteiger charge is 2.15. The Morgan fingerprint density at radius 1 is 1.32 bits per heavy atom. The van der Waals surface area contributed by atoms with Gasteiger partial charge in [0, 0.05) is 17.5 Å². The van der Waals surface area contributed by atoms with Crippen LogP contribution in [0.3, 0.4) is 0 Å². The Labute approximate surface area is 123 Å². The van der Waals surface area contributed by atoms with E-state index in [1.165, 1.54) is 4.88 Å². The average Bonchev–Trinajstić information content (AvgIpc) is 2.89. The molecule has 0 spiro atoms. The minimum absolute atomic E-state index is 0.392. The average molecular weight is 295 g/mol. The summed E-state index contributed by atoms with van der Waals surface area (Å²) in [6, 6.07) is 10.7. The second-order valence-electron chi connectivity index (χ2n) is 4.79. The Morgan fingerprint density at radius 3 is 2.63 bits per heavy atom. The molecule has 2 N–H and O–H groups in total. The fraction of sp³-hybridized carbons (Fsp3) is 0.333. The first kappa shape index (κ1) is 14.4. The predicted octanol–water partition coefficient (Wildman–Crippen LogP) is 4.28. The van der Waals surface area contributed by atoms with E-state index in [0.717, 1.165) is 22.8 Å². The number of halogens is 1. The van der Waals surface area contributed by atoms with Gasteiger partial charge in [-0.2, -0.15) is 0 Å². The molecule has 4 heteroatoms. The van der Waals surface area contributed by atoms with E-state index in [1.807, 2.05) is 12.1 Å². The number of nitrogens with two attached hydrogens (primary N) is 1. The molecule has 19 heavy (non-hydrogen) atoms. The zero-order valence-corrected chi connectivity index (χ0v) is 12.8. The molecule has 0 fully saturated rings. The van der Waals surface area contributed by atoms with Gasteiger partial charge in [0.25, 0.3) is 0 Å². The van der Waals surface area contributed by atoms with E-state index in [-0.39, 0.29) is 0 Å². The lowest BCUT2D eigenvalue weighted by molar-refractivity contribution is 0.687. The van der Waals surface area contributed by atoms with Gasteiger partial charge in [0.2, 0.25) is 0 Å². The molecule has 0 saturated heterocycles. The van der Waals surface area contributed by atoms with Crippen LogP contribution < -0.4 is 10.6 Å². The first-order valence-electron chi connectivity index (χ1n) is 6.39. The summed E-state index contributed by atoms with van der Waals surface area (Å²) in [4.78, 5) is 3.65. The van der Waals surface area contributed by atoms with Crippen LogP contribution in [0.4, 0.5) is 5.69 Å². The second-order valence-corrected chi connectivity index (χ2v) is 6.23. The number of benzene rings is 1. The summed E-state index contributed by atoms with van der Waals surface area (Å²) >= 11 is 8.17. The van der Waals surface area contributed by atoms with E-state index in [2.05, 4.69) is 42.3 Å². The Balaban J connectivity index is 2.28. The molecule has 2 aromatic rings. The number of nitrogens with zero attached hydrogens (tertiary/aromatic N) is 1. The number of hydrogen-bond donors (Lipinski definition) is 1. The van der Waals surface area contributed by atoms with Crippen molar-refractivity contribution >= 4 is 28.6 Å². The third-order valence-electron chi connectivity index (χ3n) is 3.09. The SMILES string of the molecule is CC(C)N(Cc1cccs1)c1ccc(CN)cc1Cl. The van der Waals surface area contributed by atoms with Crippen molar-refractivity contribution < 1.29 is 0 Å². The maximum atomic E-state index is 6.39. The van der Waals surface area contributed by atoms with Crippen molar-refractivity contribution in [1.29, 1.82) is 0 Å². The van der Waals surface area contributed by atoms with Gasteiger partial charge in [0.15, 0.2) is 0 Å². The van der Waals surface area contributed by atoms with Crippen molar-refractivity contribution in [3.63, 3.8) is 0 Å².